The average molecular weight is 572 g/mol. The molecule has 7 aromatic rings. The third kappa shape index (κ3) is 5.28. The lowest BCUT2D eigenvalue weighted by molar-refractivity contribution is 0.143. The predicted molar refractivity (Wildman–Crippen MR) is 188 cm³/mol. The zero-order valence-corrected chi connectivity index (χ0v) is 25.8. The number of rotatable bonds is 6. The SMILES string of the molecule is CCCCCCCn1c2ccc(C#Cc3ccc4ccc5cccc6ccc3c4c56)cc2c2cc(C#CC(C)(C)O)ccc21. The van der Waals surface area contributed by atoms with Gasteiger partial charge in [-0.1, -0.05) is 105 Å². The van der Waals surface area contributed by atoms with Crippen molar-refractivity contribution < 1.29 is 5.11 Å². The van der Waals surface area contributed by atoms with E-state index in [9.17, 15) is 5.11 Å². The molecule has 0 aliphatic carbocycles. The zero-order valence-electron chi connectivity index (χ0n) is 25.8. The van der Waals surface area contributed by atoms with Gasteiger partial charge in [-0.15, -0.1) is 0 Å². The van der Waals surface area contributed by atoms with Crippen LogP contribution >= 0.6 is 0 Å². The zero-order chi connectivity index (χ0) is 30.3. The average Bonchev–Trinajstić information content (AvgIpc) is 3.33. The van der Waals surface area contributed by atoms with Crippen LogP contribution in [0, 0.1) is 23.7 Å². The Morgan fingerprint density at radius 2 is 1.23 bits per heavy atom. The van der Waals surface area contributed by atoms with E-state index < -0.39 is 5.60 Å². The smallest absolute Gasteiger partial charge is 0.120 e. The molecule has 6 aromatic carbocycles. The summed E-state index contributed by atoms with van der Waals surface area (Å²) in [6.07, 6.45) is 6.24. The highest BCUT2D eigenvalue weighted by molar-refractivity contribution is 6.23. The van der Waals surface area contributed by atoms with Gasteiger partial charge in [0.25, 0.3) is 0 Å². The second-order valence-corrected chi connectivity index (χ2v) is 12.6. The quantitative estimate of drug-likeness (QED) is 0.120. The molecule has 0 radical (unpaired) electrons. The van der Waals surface area contributed by atoms with E-state index in [1.165, 1.54) is 79.8 Å². The number of aryl methyl sites for hydroxylation is 1. The normalized spacial score (nSPS) is 11.8. The van der Waals surface area contributed by atoms with Gasteiger partial charge in [0.15, 0.2) is 0 Å². The van der Waals surface area contributed by atoms with Crippen molar-refractivity contribution in [3.05, 3.63) is 108 Å². The van der Waals surface area contributed by atoms with E-state index in [2.05, 4.69) is 126 Å². The molecular weight excluding hydrogens is 534 g/mol. The minimum atomic E-state index is -1.03. The van der Waals surface area contributed by atoms with E-state index in [0.717, 1.165) is 29.7 Å². The van der Waals surface area contributed by atoms with Crippen LogP contribution in [-0.4, -0.2) is 15.3 Å². The Kier molecular flexibility index (Phi) is 7.26. The van der Waals surface area contributed by atoms with Crippen molar-refractivity contribution >= 4 is 54.1 Å². The Morgan fingerprint density at radius 3 is 1.91 bits per heavy atom. The van der Waals surface area contributed by atoms with Crippen LogP contribution in [0.2, 0.25) is 0 Å². The molecule has 0 atom stereocenters. The fraction of sp³-hybridized carbons (Fsp3) is 0.238. The molecule has 0 amide bonds. The second kappa shape index (κ2) is 11.4. The molecular formula is C42H37NO. The number of benzene rings is 6. The summed E-state index contributed by atoms with van der Waals surface area (Å²) >= 11 is 0. The summed E-state index contributed by atoms with van der Waals surface area (Å²) in [4.78, 5) is 0. The molecule has 0 saturated heterocycles. The van der Waals surface area contributed by atoms with Crippen molar-refractivity contribution in [3.8, 4) is 23.7 Å². The van der Waals surface area contributed by atoms with Crippen LogP contribution in [0.15, 0.2) is 91.0 Å². The molecule has 0 unspecified atom stereocenters. The van der Waals surface area contributed by atoms with Crippen molar-refractivity contribution in [3.63, 3.8) is 0 Å². The van der Waals surface area contributed by atoms with E-state index >= 15 is 0 Å². The van der Waals surface area contributed by atoms with Crippen molar-refractivity contribution in [2.24, 2.45) is 0 Å². The van der Waals surface area contributed by atoms with Gasteiger partial charge in [0.2, 0.25) is 0 Å². The van der Waals surface area contributed by atoms with Gasteiger partial charge >= 0.3 is 0 Å². The summed E-state index contributed by atoms with van der Waals surface area (Å²) in [5.41, 5.74) is 4.38. The molecule has 2 nitrogen and oxygen atoms in total. The summed E-state index contributed by atoms with van der Waals surface area (Å²) in [5.74, 6) is 13.2. The molecule has 0 spiro atoms. The van der Waals surface area contributed by atoms with E-state index in [4.69, 9.17) is 0 Å². The molecule has 216 valence electrons. The van der Waals surface area contributed by atoms with Crippen LogP contribution in [0.3, 0.4) is 0 Å². The Labute approximate surface area is 259 Å². The van der Waals surface area contributed by atoms with Gasteiger partial charge < -0.3 is 9.67 Å². The number of unbranched alkanes of at least 4 members (excludes halogenated alkanes) is 4. The van der Waals surface area contributed by atoms with Gasteiger partial charge in [0, 0.05) is 45.0 Å². The van der Waals surface area contributed by atoms with Crippen LogP contribution in [0.4, 0.5) is 0 Å². The fourth-order valence-corrected chi connectivity index (χ4v) is 6.58. The summed E-state index contributed by atoms with van der Waals surface area (Å²) < 4.78 is 2.46. The van der Waals surface area contributed by atoms with E-state index in [1.807, 2.05) is 0 Å². The highest BCUT2D eigenvalue weighted by atomic mass is 16.3. The van der Waals surface area contributed by atoms with Crippen LogP contribution < -0.4 is 0 Å². The van der Waals surface area contributed by atoms with Crippen LogP contribution in [0.25, 0.3) is 54.1 Å². The second-order valence-electron chi connectivity index (χ2n) is 12.6. The maximum absolute atomic E-state index is 10.2. The third-order valence-corrected chi connectivity index (χ3v) is 8.73. The first kappa shape index (κ1) is 28.0. The van der Waals surface area contributed by atoms with Crippen LogP contribution in [0.1, 0.15) is 69.6 Å². The van der Waals surface area contributed by atoms with Crippen molar-refractivity contribution in [2.45, 2.75) is 65.0 Å². The van der Waals surface area contributed by atoms with Gasteiger partial charge in [-0.3, -0.25) is 0 Å². The number of hydrogen-bond acceptors (Lipinski definition) is 1. The van der Waals surface area contributed by atoms with Gasteiger partial charge in [-0.2, -0.15) is 0 Å². The molecule has 0 fully saturated rings. The van der Waals surface area contributed by atoms with Crippen LogP contribution in [0.5, 0.6) is 0 Å². The molecule has 0 saturated carbocycles. The highest BCUT2D eigenvalue weighted by Crippen LogP contribution is 2.36. The van der Waals surface area contributed by atoms with Crippen molar-refractivity contribution in [1.29, 1.82) is 0 Å². The summed E-state index contributed by atoms with van der Waals surface area (Å²) in [6, 6.07) is 32.8. The Hall–Kier alpha value is -4.76. The first-order valence-corrected chi connectivity index (χ1v) is 15.9. The molecule has 1 aromatic heterocycles. The standard InChI is InChI=1S/C42H37NO/c1-4-5-6-7-8-26-43-38-22-13-29(27-36(38)37-28-30(14-23-39(37)43)24-25-42(2,3)44)12-15-31-16-17-34-19-18-32-10-9-11-33-20-21-35(31)41(34)40(32)33/h9-11,13-14,16-23,27-28,44H,4-8,26H2,1-3H3. The van der Waals surface area contributed by atoms with Crippen molar-refractivity contribution in [1.82, 2.24) is 4.57 Å². The van der Waals surface area contributed by atoms with E-state index in [0.29, 0.717) is 0 Å². The predicted octanol–water partition coefficient (Wildman–Crippen LogP) is 10.2. The Balaban J connectivity index is 1.32. The lowest BCUT2D eigenvalue weighted by atomic mass is 9.92. The summed E-state index contributed by atoms with van der Waals surface area (Å²) in [6.45, 7) is 6.69. The number of nitrogens with zero attached hydrogens (tertiary/aromatic N) is 1. The summed E-state index contributed by atoms with van der Waals surface area (Å²) in [5, 5.41) is 20.2. The molecule has 0 aliphatic rings. The molecule has 0 bridgehead atoms. The number of fused-ring (bicyclic) bond motifs is 3. The minimum Gasteiger partial charge on any atom is -0.378 e. The maximum atomic E-state index is 10.2. The summed E-state index contributed by atoms with van der Waals surface area (Å²) in [7, 11) is 0. The van der Waals surface area contributed by atoms with Crippen LogP contribution in [-0.2, 0) is 6.54 Å². The highest BCUT2D eigenvalue weighted by Gasteiger charge is 2.13. The Morgan fingerprint density at radius 1 is 0.614 bits per heavy atom. The Bertz CT molecular complexity index is 2270. The molecule has 1 N–H and O–H groups in total. The molecule has 44 heavy (non-hydrogen) atoms. The fourth-order valence-electron chi connectivity index (χ4n) is 6.58. The van der Waals surface area contributed by atoms with Gasteiger partial charge in [-0.25, -0.2) is 0 Å². The maximum Gasteiger partial charge on any atom is 0.120 e. The lowest BCUT2D eigenvalue weighted by Gasteiger charge is -2.11. The van der Waals surface area contributed by atoms with E-state index in [-0.39, 0.29) is 0 Å². The molecule has 7 rings (SSSR count). The third-order valence-electron chi connectivity index (χ3n) is 8.73. The molecule has 0 aliphatic heterocycles. The number of aromatic nitrogens is 1. The lowest BCUT2D eigenvalue weighted by Crippen LogP contribution is -2.14. The number of hydrogen-bond donors (Lipinski definition) is 1. The topological polar surface area (TPSA) is 25.2 Å². The van der Waals surface area contributed by atoms with Crippen molar-refractivity contribution in [2.75, 3.05) is 0 Å². The van der Waals surface area contributed by atoms with Gasteiger partial charge in [-0.05, 0) is 95.1 Å². The first-order valence-electron chi connectivity index (χ1n) is 15.9. The first-order chi connectivity index (χ1) is 21.4. The van der Waals surface area contributed by atoms with Gasteiger partial charge in [0.05, 0.1) is 0 Å². The minimum absolute atomic E-state index is 0.909. The molecule has 2 heteroatoms. The number of aliphatic hydroxyl groups is 1. The van der Waals surface area contributed by atoms with Gasteiger partial charge in [0.1, 0.15) is 5.60 Å². The monoisotopic (exact) mass is 571 g/mol. The van der Waals surface area contributed by atoms with E-state index in [1.54, 1.807) is 13.8 Å². The molecule has 1 heterocycles. The largest absolute Gasteiger partial charge is 0.378 e.